The maximum Gasteiger partial charge on any atom is 0.284 e. The number of H-pyrrole nitrogens is 1. The van der Waals surface area contributed by atoms with Crippen LogP contribution in [0.2, 0.25) is 0 Å². The zero-order valence-electron chi connectivity index (χ0n) is 12.3. The summed E-state index contributed by atoms with van der Waals surface area (Å²) in [6.45, 7) is 7.26. The number of nitrogens with one attached hydrogen (secondary N) is 1. The van der Waals surface area contributed by atoms with Gasteiger partial charge in [0.25, 0.3) is 4.84 Å². The van der Waals surface area contributed by atoms with Gasteiger partial charge in [-0.05, 0) is 45.1 Å². The molecule has 0 radical (unpaired) electrons. The van der Waals surface area contributed by atoms with Crippen LogP contribution < -0.4 is 14.2 Å². The molecule has 0 unspecified atom stereocenters. The lowest BCUT2D eigenvalue weighted by Gasteiger charge is -2.16. The molecule has 1 aromatic carbocycles. The lowest BCUT2D eigenvalue weighted by atomic mass is 10.2. The molecule has 0 amide bonds. The number of hydrogen-bond donors (Lipinski definition) is 1. The molecule has 6 nitrogen and oxygen atoms in total. The van der Waals surface area contributed by atoms with Crippen molar-refractivity contribution in [2.24, 2.45) is 0 Å². The number of ether oxygens (including phenoxy) is 3. The second-order valence-corrected chi connectivity index (χ2v) is 4.39. The van der Waals surface area contributed by atoms with E-state index in [1.54, 1.807) is 12.1 Å². The van der Waals surface area contributed by atoms with Crippen LogP contribution in [-0.2, 0) is 0 Å². The fourth-order valence-corrected chi connectivity index (χ4v) is 1.99. The molecule has 114 valence electrons. The van der Waals surface area contributed by atoms with Crippen molar-refractivity contribution in [1.82, 2.24) is 10.2 Å². The van der Waals surface area contributed by atoms with Gasteiger partial charge in [0.1, 0.15) is 0 Å². The van der Waals surface area contributed by atoms with Crippen LogP contribution in [0.4, 0.5) is 0 Å². The van der Waals surface area contributed by atoms with E-state index < -0.39 is 0 Å². The first-order chi connectivity index (χ1) is 10.2. The van der Waals surface area contributed by atoms with Gasteiger partial charge in [0.15, 0.2) is 11.5 Å². The number of benzene rings is 1. The molecule has 0 aliphatic carbocycles. The maximum absolute atomic E-state index is 5.64. The summed E-state index contributed by atoms with van der Waals surface area (Å²) in [5.41, 5.74) is 0.706. The van der Waals surface area contributed by atoms with Crippen LogP contribution in [0, 0.1) is 4.84 Å². The van der Waals surface area contributed by atoms with Gasteiger partial charge in [-0.2, -0.15) is 0 Å². The topological polar surface area (TPSA) is 69.5 Å². The van der Waals surface area contributed by atoms with Gasteiger partial charge in [0, 0.05) is 5.56 Å². The van der Waals surface area contributed by atoms with E-state index in [9.17, 15) is 0 Å². The third kappa shape index (κ3) is 3.55. The summed E-state index contributed by atoms with van der Waals surface area (Å²) in [5, 5.41) is 6.61. The van der Waals surface area contributed by atoms with Crippen molar-refractivity contribution in [2.45, 2.75) is 20.8 Å². The normalized spacial score (nSPS) is 10.4. The Bertz CT molecular complexity index is 623. The van der Waals surface area contributed by atoms with Gasteiger partial charge in [-0.1, -0.05) is 0 Å². The zero-order chi connectivity index (χ0) is 15.2. The van der Waals surface area contributed by atoms with Crippen LogP contribution in [-0.4, -0.2) is 30.0 Å². The zero-order valence-corrected chi connectivity index (χ0v) is 13.1. The molecule has 0 bridgehead atoms. The van der Waals surface area contributed by atoms with Gasteiger partial charge in [0.05, 0.1) is 19.8 Å². The average molecular weight is 310 g/mol. The first kappa shape index (κ1) is 15.4. The molecule has 2 aromatic rings. The predicted octanol–water partition coefficient (Wildman–Crippen LogP) is 3.60. The molecule has 0 atom stereocenters. The Morgan fingerprint density at radius 2 is 1.62 bits per heavy atom. The monoisotopic (exact) mass is 310 g/mol. The third-order valence-electron chi connectivity index (χ3n) is 2.59. The van der Waals surface area contributed by atoms with E-state index in [1.165, 1.54) is 0 Å². The van der Waals surface area contributed by atoms with Crippen LogP contribution in [0.1, 0.15) is 20.8 Å². The number of nitrogens with zero attached hydrogens (tertiary/aromatic N) is 1. The number of hydrogen-bond acceptors (Lipinski definition) is 6. The van der Waals surface area contributed by atoms with Gasteiger partial charge in [-0.25, -0.2) is 5.10 Å². The van der Waals surface area contributed by atoms with E-state index in [4.69, 9.17) is 30.8 Å². The van der Waals surface area contributed by atoms with Crippen molar-refractivity contribution in [3.63, 3.8) is 0 Å². The maximum atomic E-state index is 5.64. The molecule has 0 saturated heterocycles. The van der Waals surface area contributed by atoms with Crippen molar-refractivity contribution in [2.75, 3.05) is 19.8 Å². The van der Waals surface area contributed by atoms with E-state index in [2.05, 4.69) is 10.2 Å². The fraction of sp³-hybridized carbons (Fsp3) is 0.429. The highest BCUT2D eigenvalue weighted by molar-refractivity contribution is 7.71. The molecule has 0 aliphatic rings. The highest BCUT2D eigenvalue weighted by atomic mass is 32.1. The van der Waals surface area contributed by atoms with Crippen molar-refractivity contribution < 1.29 is 18.6 Å². The summed E-state index contributed by atoms with van der Waals surface area (Å²) < 4.78 is 22.2. The van der Waals surface area contributed by atoms with E-state index in [-0.39, 0.29) is 4.84 Å². The Hall–Kier alpha value is -2.02. The Kier molecular flexibility index (Phi) is 5.21. The smallest absolute Gasteiger partial charge is 0.284 e. The van der Waals surface area contributed by atoms with Crippen LogP contribution >= 0.6 is 12.2 Å². The summed E-state index contributed by atoms with van der Waals surface area (Å²) in [6, 6.07) is 3.59. The van der Waals surface area contributed by atoms with Crippen LogP contribution in [0.25, 0.3) is 11.5 Å². The van der Waals surface area contributed by atoms with Crippen molar-refractivity contribution in [3.05, 3.63) is 17.0 Å². The van der Waals surface area contributed by atoms with Crippen LogP contribution in [0.15, 0.2) is 16.5 Å². The van der Waals surface area contributed by atoms with Gasteiger partial charge >= 0.3 is 0 Å². The second-order valence-electron chi connectivity index (χ2n) is 4.02. The lowest BCUT2D eigenvalue weighted by molar-refractivity contribution is 0.261. The molecule has 21 heavy (non-hydrogen) atoms. The Morgan fingerprint density at radius 3 is 2.05 bits per heavy atom. The highest BCUT2D eigenvalue weighted by Crippen LogP contribution is 2.41. The minimum absolute atomic E-state index is 0.217. The molecular formula is C14H18N2O4S. The predicted molar refractivity (Wildman–Crippen MR) is 80.6 cm³/mol. The van der Waals surface area contributed by atoms with Crippen molar-refractivity contribution in [1.29, 1.82) is 0 Å². The largest absolute Gasteiger partial charge is 0.490 e. The standard InChI is InChI=1S/C14H18N2O4S/c1-4-17-10-7-9(13-15-16-14(21)20-13)8-11(18-5-2)12(10)19-6-3/h7-8H,4-6H2,1-3H3,(H,16,21). The summed E-state index contributed by atoms with van der Waals surface area (Å²) in [5.74, 6) is 2.14. The minimum atomic E-state index is 0.217. The third-order valence-corrected chi connectivity index (χ3v) is 2.77. The van der Waals surface area contributed by atoms with Gasteiger partial charge in [0.2, 0.25) is 11.6 Å². The average Bonchev–Trinajstić information content (AvgIpc) is 2.89. The Morgan fingerprint density at radius 1 is 1.05 bits per heavy atom. The first-order valence-corrected chi connectivity index (χ1v) is 7.22. The van der Waals surface area contributed by atoms with Crippen LogP contribution in [0.5, 0.6) is 17.2 Å². The van der Waals surface area contributed by atoms with E-state index in [1.807, 2.05) is 20.8 Å². The molecule has 2 rings (SSSR count). The van der Waals surface area contributed by atoms with Crippen molar-refractivity contribution >= 4 is 12.2 Å². The van der Waals surface area contributed by atoms with Crippen LogP contribution in [0.3, 0.4) is 0 Å². The number of rotatable bonds is 7. The molecular weight excluding hydrogens is 292 g/mol. The summed E-state index contributed by atoms with van der Waals surface area (Å²) in [7, 11) is 0. The second kappa shape index (κ2) is 7.12. The van der Waals surface area contributed by atoms with E-state index >= 15 is 0 Å². The summed E-state index contributed by atoms with van der Waals surface area (Å²) in [4.78, 5) is 0.217. The van der Waals surface area contributed by atoms with Crippen molar-refractivity contribution in [3.8, 4) is 28.7 Å². The molecule has 0 fully saturated rings. The highest BCUT2D eigenvalue weighted by Gasteiger charge is 2.17. The molecule has 0 spiro atoms. The minimum Gasteiger partial charge on any atom is -0.490 e. The Labute approximate surface area is 128 Å². The lowest BCUT2D eigenvalue weighted by Crippen LogP contribution is -2.03. The summed E-state index contributed by atoms with van der Waals surface area (Å²) >= 11 is 4.90. The van der Waals surface area contributed by atoms with E-state index in [0.29, 0.717) is 48.5 Å². The summed E-state index contributed by atoms with van der Waals surface area (Å²) in [6.07, 6.45) is 0. The van der Waals surface area contributed by atoms with E-state index in [0.717, 1.165) is 0 Å². The number of aromatic amines is 1. The molecule has 7 heteroatoms. The molecule has 1 heterocycles. The SMILES string of the molecule is CCOc1cc(-c2n[nH]c(=S)o2)cc(OCC)c1OCC. The molecule has 0 aliphatic heterocycles. The quantitative estimate of drug-likeness (QED) is 0.788. The van der Waals surface area contributed by atoms with Gasteiger partial charge < -0.3 is 18.6 Å². The Balaban J connectivity index is 2.54. The number of aromatic nitrogens is 2. The van der Waals surface area contributed by atoms with Gasteiger partial charge in [-0.15, -0.1) is 5.10 Å². The fourth-order valence-electron chi connectivity index (χ4n) is 1.87. The first-order valence-electron chi connectivity index (χ1n) is 6.81. The molecule has 1 N–H and O–H groups in total. The van der Waals surface area contributed by atoms with Gasteiger partial charge in [-0.3, -0.25) is 0 Å². The molecule has 0 saturated carbocycles. The molecule has 1 aromatic heterocycles.